The molecule has 5 rings (SSSR count). The normalized spacial score (nSPS) is 21.6. The van der Waals surface area contributed by atoms with Crippen LogP contribution in [-0.2, 0) is 14.3 Å². The fourth-order valence-electron chi connectivity index (χ4n) is 5.39. The van der Waals surface area contributed by atoms with Crippen LogP contribution in [0.25, 0.3) is 0 Å². The molecular weight excluding hydrogens is 458 g/mol. The maximum absolute atomic E-state index is 13.7. The lowest BCUT2D eigenvalue weighted by molar-refractivity contribution is -0.186. The van der Waals surface area contributed by atoms with Crippen molar-refractivity contribution in [3.8, 4) is 11.5 Å². The van der Waals surface area contributed by atoms with Gasteiger partial charge in [0.05, 0.1) is 45.7 Å². The van der Waals surface area contributed by atoms with Gasteiger partial charge >= 0.3 is 0 Å². The third kappa shape index (κ3) is 4.85. The molecule has 36 heavy (non-hydrogen) atoms. The monoisotopic (exact) mass is 493 g/mol. The van der Waals surface area contributed by atoms with Crippen molar-refractivity contribution in [1.29, 1.82) is 0 Å². The Hall–Kier alpha value is -2.94. The van der Waals surface area contributed by atoms with Crippen LogP contribution in [0.1, 0.15) is 47.6 Å². The highest BCUT2D eigenvalue weighted by Crippen LogP contribution is 2.40. The molecule has 1 amide bonds. The van der Waals surface area contributed by atoms with E-state index in [1.807, 2.05) is 18.2 Å². The van der Waals surface area contributed by atoms with E-state index in [1.54, 1.807) is 19.2 Å². The summed E-state index contributed by atoms with van der Waals surface area (Å²) in [5.74, 6) is 0.911. The van der Waals surface area contributed by atoms with Crippen molar-refractivity contribution in [2.75, 3.05) is 47.1 Å². The van der Waals surface area contributed by atoms with E-state index in [0.717, 1.165) is 48.3 Å². The smallest absolute Gasteiger partial charge is 0.257 e. The van der Waals surface area contributed by atoms with Gasteiger partial charge < -0.3 is 18.9 Å². The zero-order valence-corrected chi connectivity index (χ0v) is 21.6. The molecule has 0 bridgehead atoms. The first-order valence-electron chi connectivity index (χ1n) is 12.6. The Balaban J connectivity index is 1.41. The highest BCUT2D eigenvalue weighted by atomic mass is 16.7. The number of piperidine rings is 1. The molecule has 0 saturated carbocycles. The number of aryl methyl sites for hydroxylation is 2. The Morgan fingerprint density at radius 2 is 1.81 bits per heavy atom. The van der Waals surface area contributed by atoms with E-state index >= 15 is 0 Å². The molecule has 3 aliphatic heterocycles. The van der Waals surface area contributed by atoms with E-state index in [9.17, 15) is 4.79 Å². The Kier molecular flexibility index (Phi) is 7.01. The number of likely N-dealkylation sites (tertiary alicyclic amines) is 1. The first-order valence-corrected chi connectivity index (χ1v) is 12.6. The van der Waals surface area contributed by atoms with E-state index in [1.165, 1.54) is 5.56 Å². The van der Waals surface area contributed by atoms with Crippen LogP contribution >= 0.6 is 0 Å². The van der Waals surface area contributed by atoms with Crippen LogP contribution < -0.4 is 9.47 Å². The third-order valence-electron chi connectivity index (χ3n) is 7.46. The number of carbonyl (C=O) groups excluding carboxylic acids is 1. The summed E-state index contributed by atoms with van der Waals surface area (Å²) in [5, 5.41) is 6.57. The van der Waals surface area contributed by atoms with Crippen LogP contribution in [0.4, 0.5) is 0 Å². The van der Waals surface area contributed by atoms with Gasteiger partial charge in [-0.2, -0.15) is 5.10 Å². The number of ether oxygens (including phenoxy) is 4. The van der Waals surface area contributed by atoms with Gasteiger partial charge in [0.15, 0.2) is 5.79 Å². The minimum Gasteiger partial charge on any atom is -0.497 e. The van der Waals surface area contributed by atoms with Crippen molar-refractivity contribution in [2.45, 2.75) is 44.9 Å². The van der Waals surface area contributed by atoms with Crippen molar-refractivity contribution in [3.63, 3.8) is 0 Å². The van der Waals surface area contributed by atoms with Crippen LogP contribution in [0.3, 0.4) is 0 Å². The molecule has 0 unspecified atom stereocenters. The molecule has 0 aromatic heterocycles. The number of rotatable bonds is 6. The second kappa shape index (κ2) is 10.2. The van der Waals surface area contributed by atoms with Crippen molar-refractivity contribution < 1.29 is 23.7 Å². The van der Waals surface area contributed by atoms with Gasteiger partial charge in [0, 0.05) is 49.5 Å². The zero-order chi connectivity index (χ0) is 25.3. The van der Waals surface area contributed by atoms with Crippen LogP contribution in [0.2, 0.25) is 0 Å². The molecule has 1 spiro atoms. The molecule has 3 aliphatic rings. The molecule has 8 heteroatoms. The molecule has 8 nitrogen and oxygen atoms in total. The summed E-state index contributed by atoms with van der Waals surface area (Å²) in [6.07, 6.45) is 2.16. The quantitative estimate of drug-likeness (QED) is 0.609. The van der Waals surface area contributed by atoms with Crippen LogP contribution in [0, 0.1) is 13.8 Å². The SMILES string of the molecule is COc1ccc([C@@H]2CC(c3cc(C)ccc3C)=NN2C(=O)CN2CCC3(CC2)OCCO3)c(OC)c1. The zero-order valence-electron chi connectivity index (χ0n) is 21.6. The number of amides is 1. The second-order valence-corrected chi connectivity index (χ2v) is 9.81. The number of hydrogen-bond acceptors (Lipinski definition) is 7. The van der Waals surface area contributed by atoms with E-state index in [0.29, 0.717) is 37.7 Å². The van der Waals surface area contributed by atoms with E-state index in [-0.39, 0.29) is 11.9 Å². The predicted octanol–water partition coefficient (Wildman–Crippen LogP) is 3.84. The molecule has 0 radical (unpaired) electrons. The molecule has 2 fully saturated rings. The highest BCUT2D eigenvalue weighted by Gasteiger charge is 2.41. The first-order chi connectivity index (χ1) is 17.4. The van der Waals surface area contributed by atoms with Gasteiger partial charge in [0.2, 0.25) is 0 Å². The number of nitrogens with zero attached hydrogens (tertiary/aromatic N) is 3. The number of methoxy groups -OCH3 is 2. The standard InChI is InChI=1S/C28H35N3O5/c1-19-5-6-20(2)23(15-19)24-17-25(22-8-7-21(33-3)16-26(22)34-4)31(29-24)27(32)18-30-11-9-28(10-12-30)35-13-14-36-28/h5-8,15-16,25H,9-14,17-18H2,1-4H3/t25-/m0/s1. The lowest BCUT2D eigenvalue weighted by Gasteiger charge is -2.37. The van der Waals surface area contributed by atoms with Gasteiger partial charge in [-0.3, -0.25) is 9.69 Å². The largest absolute Gasteiger partial charge is 0.497 e. The summed E-state index contributed by atoms with van der Waals surface area (Å²) in [6, 6.07) is 11.8. The van der Waals surface area contributed by atoms with Gasteiger partial charge in [0.1, 0.15) is 11.5 Å². The van der Waals surface area contributed by atoms with Crippen molar-refractivity contribution >= 4 is 11.6 Å². The predicted molar refractivity (Wildman–Crippen MR) is 137 cm³/mol. The van der Waals surface area contributed by atoms with Gasteiger partial charge in [-0.15, -0.1) is 0 Å². The maximum Gasteiger partial charge on any atom is 0.257 e. The van der Waals surface area contributed by atoms with Crippen LogP contribution in [-0.4, -0.2) is 74.4 Å². The van der Waals surface area contributed by atoms with E-state index in [4.69, 9.17) is 24.0 Å². The van der Waals surface area contributed by atoms with Crippen LogP contribution in [0.5, 0.6) is 11.5 Å². The molecule has 1 atom stereocenters. The molecule has 2 saturated heterocycles. The van der Waals surface area contributed by atoms with Crippen molar-refractivity contribution in [2.24, 2.45) is 5.10 Å². The number of hydrogen-bond donors (Lipinski definition) is 0. The minimum atomic E-state index is -0.458. The summed E-state index contributed by atoms with van der Waals surface area (Å²) < 4.78 is 22.8. The number of benzene rings is 2. The van der Waals surface area contributed by atoms with Crippen molar-refractivity contribution in [1.82, 2.24) is 9.91 Å². The molecule has 0 N–H and O–H groups in total. The molecule has 3 heterocycles. The lowest BCUT2D eigenvalue weighted by atomic mass is 9.94. The molecule has 0 aliphatic carbocycles. The van der Waals surface area contributed by atoms with E-state index < -0.39 is 5.79 Å². The molecule has 2 aromatic rings. The molecule has 192 valence electrons. The molecule has 2 aromatic carbocycles. The molecular formula is C28H35N3O5. The fraction of sp³-hybridized carbons (Fsp3) is 0.500. The van der Waals surface area contributed by atoms with E-state index in [2.05, 4.69) is 36.9 Å². The Labute approximate surface area is 212 Å². The fourth-order valence-corrected chi connectivity index (χ4v) is 5.39. The van der Waals surface area contributed by atoms with Gasteiger partial charge in [-0.05, 0) is 37.6 Å². The topological polar surface area (TPSA) is 72.8 Å². The first kappa shape index (κ1) is 24.7. The van der Waals surface area contributed by atoms with Gasteiger partial charge in [0.25, 0.3) is 5.91 Å². The highest BCUT2D eigenvalue weighted by molar-refractivity contribution is 6.04. The third-order valence-corrected chi connectivity index (χ3v) is 7.46. The average Bonchev–Trinajstić information content (AvgIpc) is 3.54. The minimum absolute atomic E-state index is 0.0256. The van der Waals surface area contributed by atoms with Gasteiger partial charge in [-0.25, -0.2) is 5.01 Å². The summed E-state index contributed by atoms with van der Waals surface area (Å²) >= 11 is 0. The summed E-state index contributed by atoms with van der Waals surface area (Å²) in [4.78, 5) is 15.9. The number of carbonyl (C=O) groups is 1. The Morgan fingerprint density at radius 3 is 2.50 bits per heavy atom. The van der Waals surface area contributed by atoms with Gasteiger partial charge in [-0.1, -0.05) is 17.7 Å². The Morgan fingerprint density at radius 1 is 1.06 bits per heavy atom. The second-order valence-electron chi connectivity index (χ2n) is 9.81. The maximum atomic E-state index is 13.7. The summed E-state index contributed by atoms with van der Waals surface area (Å²) in [5.41, 5.74) is 5.23. The number of hydrazone groups is 1. The lowest BCUT2D eigenvalue weighted by Crippen LogP contribution is -2.48. The van der Waals surface area contributed by atoms with Crippen molar-refractivity contribution in [3.05, 3.63) is 58.7 Å². The van der Waals surface area contributed by atoms with Crippen LogP contribution in [0.15, 0.2) is 41.5 Å². The summed E-state index contributed by atoms with van der Waals surface area (Å²) in [6.45, 7) is 7.26. The summed E-state index contributed by atoms with van der Waals surface area (Å²) in [7, 11) is 3.27. The Bertz CT molecular complexity index is 1150. The average molecular weight is 494 g/mol.